The first-order chi connectivity index (χ1) is 9.01. The van der Waals surface area contributed by atoms with Crippen molar-refractivity contribution in [1.82, 2.24) is 9.80 Å². The predicted molar refractivity (Wildman–Crippen MR) is 74.1 cm³/mol. The van der Waals surface area contributed by atoms with Crippen molar-refractivity contribution in [3.63, 3.8) is 0 Å². The van der Waals surface area contributed by atoms with Gasteiger partial charge in [0.15, 0.2) is 0 Å². The third-order valence-corrected chi connectivity index (χ3v) is 3.66. The summed E-state index contributed by atoms with van der Waals surface area (Å²) >= 11 is 0. The maximum Gasteiger partial charge on any atom is 0.323 e. The van der Waals surface area contributed by atoms with E-state index >= 15 is 0 Å². The molecule has 0 radical (unpaired) electrons. The maximum absolute atomic E-state index is 12.6. The largest absolute Gasteiger partial charge is 0.480 e. The second-order valence-electron chi connectivity index (χ2n) is 5.34. The first-order valence-electron chi connectivity index (χ1n) is 7.30. The second-order valence-corrected chi connectivity index (χ2v) is 5.34. The van der Waals surface area contributed by atoms with Gasteiger partial charge in [0.05, 0.1) is 0 Å². The van der Waals surface area contributed by atoms with E-state index in [-0.39, 0.29) is 18.6 Å². The molecular weight excluding hydrogens is 244 g/mol. The van der Waals surface area contributed by atoms with Crippen molar-refractivity contribution in [1.29, 1.82) is 0 Å². The van der Waals surface area contributed by atoms with E-state index in [1.165, 1.54) is 4.90 Å². The molecule has 1 aliphatic carbocycles. The molecule has 0 aromatic carbocycles. The number of carboxylic acids is 1. The minimum atomic E-state index is -0.945. The quantitative estimate of drug-likeness (QED) is 0.737. The second kappa shape index (κ2) is 7.36. The third kappa shape index (κ3) is 4.73. The molecule has 1 aliphatic rings. The fourth-order valence-electron chi connectivity index (χ4n) is 2.09. The van der Waals surface area contributed by atoms with Gasteiger partial charge < -0.3 is 14.9 Å². The van der Waals surface area contributed by atoms with Crippen LogP contribution in [0.1, 0.15) is 52.9 Å². The van der Waals surface area contributed by atoms with Crippen molar-refractivity contribution < 1.29 is 14.7 Å². The number of aliphatic carboxylic acids is 1. The maximum atomic E-state index is 12.6. The number of hydrogen-bond donors (Lipinski definition) is 1. The summed E-state index contributed by atoms with van der Waals surface area (Å²) in [4.78, 5) is 26.9. The van der Waals surface area contributed by atoms with Gasteiger partial charge in [0.1, 0.15) is 6.54 Å². The Hall–Kier alpha value is -1.26. The lowest BCUT2D eigenvalue weighted by molar-refractivity contribution is -0.138. The number of rotatable bonds is 8. The lowest BCUT2D eigenvalue weighted by Gasteiger charge is -2.33. The summed E-state index contributed by atoms with van der Waals surface area (Å²) in [7, 11) is 0. The summed E-state index contributed by atoms with van der Waals surface area (Å²) < 4.78 is 0. The van der Waals surface area contributed by atoms with Gasteiger partial charge in [0.2, 0.25) is 0 Å². The molecular formula is C14H26N2O3. The molecule has 5 nitrogen and oxygen atoms in total. The molecule has 0 aromatic rings. The van der Waals surface area contributed by atoms with Crippen LogP contribution in [0, 0.1) is 0 Å². The lowest BCUT2D eigenvalue weighted by atomic mass is 10.2. The normalized spacial score (nSPS) is 15.9. The number of urea groups is 1. The number of amides is 2. The van der Waals surface area contributed by atoms with Crippen LogP contribution in [0.4, 0.5) is 4.79 Å². The standard InChI is InChI=1S/C14H26N2O3/c1-4-6-9-15(12-7-8-12)14(19)16(10-13(17)18)11(3)5-2/h11-12H,4-10H2,1-3H3,(H,17,18). The van der Waals surface area contributed by atoms with Gasteiger partial charge in [-0.25, -0.2) is 4.79 Å². The first-order valence-corrected chi connectivity index (χ1v) is 7.30. The van der Waals surface area contributed by atoms with E-state index in [1.807, 2.05) is 18.7 Å². The Morgan fingerprint density at radius 1 is 1.32 bits per heavy atom. The van der Waals surface area contributed by atoms with E-state index < -0.39 is 5.97 Å². The molecule has 1 saturated carbocycles. The van der Waals surface area contributed by atoms with Gasteiger partial charge in [0, 0.05) is 18.6 Å². The molecule has 0 bridgehead atoms. The van der Waals surface area contributed by atoms with Crippen LogP contribution in [0.15, 0.2) is 0 Å². The van der Waals surface area contributed by atoms with Crippen LogP contribution in [0.25, 0.3) is 0 Å². The zero-order valence-corrected chi connectivity index (χ0v) is 12.3. The third-order valence-electron chi connectivity index (χ3n) is 3.66. The zero-order chi connectivity index (χ0) is 14.4. The minimum Gasteiger partial charge on any atom is -0.480 e. The molecule has 1 fully saturated rings. The van der Waals surface area contributed by atoms with Gasteiger partial charge in [-0.05, 0) is 32.6 Å². The first kappa shape index (κ1) is 15.8. The van der Waals surface area contributed by atoms with E-state index in [2.05, 4.69) is 6.92 Å². The molecule has 0 spiro atoms. The van der Waals surface area contributed by atoms with E-state index in [0.717, 1.165) is 38.6 Å². The minimum absolute atomic E-state index is 0.0357. The number of unbranched alkanes of at least 4 members (excludes halogenated alkanes) is 1. The van der Waals surface area contributed by atoms with Crippen molar-refractivity contribution in [3.8, 4) is 0 Å². The average molecular weight is 270 g/mol. The van der Waals surface area contributed by atoms with Gasteiger partial charge in [-0.3, -0.25) is 4.79 Å². The van der Waals surface area contributed by atoms with Gasteiger partial charge in [-0.1, -0.05) is 20.3 Å². The monoisotopic (exact) mass is 270 g/mol. The van der Waals surface area contributed by atoms with Crippen LogP contribution in [0.5, 0.6) is 0 Å². The highest BCUT2D eigenvalue weighted by molar-refractivity contribution is 5.81. The predicted octanol–water partition coefficient (Wildman–Crippen LogP) is 2.56. The summed E-state index contributed by atoms with van der Waals surface area (Å²) in [5.74, 6) is -0.945. The molecule has 0 heterocycles. The van der Waals surface area contributed by atoms with Crippen LogP contribution in [0.3, 0.4) is 0 Å². The van der Waals surface area contributed by atoms with Gasteiger partial charge in [-0.15, -0.1) is 0 Å². The van der Waals surface area contributed by atoms with Gasteiger partial charge >= 0.3 is 12.0 Å². The number of carbonyl (C=O) groups is 2. The van der Waals surface area contributed by atoms with E-state index in [0.29, 0.717) is 6.04 Å². The van der Waals surface area contributed by atoms with E-state index in [1.54, 1.807) is 0 Å². The highest BCUT2D eigenvalue weighted by atomic mass is 16.4. The van der Waals surface area contributed by atoms with Crippen molar-refractivity contribution in [3.05, 3.63) is 0 Å². The number of carboxylic acid groups (broad SMARTS) is 1. The fourth-order valence-corrected chi connectivity index (χ4v) is 2.09. The van der Waals surface area contributed by atoms with Crippen molar-refractivity contribution in [2.45, 2.75) is 65.0 Å². The Balaban J connectivity index is 2.73. The van der Waals surface area contributed by atoms with Crippen LogP contribution in [-0.4, -0.2) is 52.1 Å². The fraction of sp³-hybridized carbons (Fsp3) is 0.857. The number of nitrogens with zero attached hydrogens (tertiary/aromatic N) is 2. The number of carbonyl (C=O) groups excluding carboxylic acids is 1. The average Bonchev–Trinajstić information content (AvgIpc) is 3.19. The van der Waals surface area contributed by atoms with Crippen LogP contribution in [0.2, 0.25) is 0 Å². The van der Waals surface area contributed by atoms with Crippen LogP contribution >= 0.6 is 0 Å². The molecule has 19 heavy (non-hydrogen) atoms. The molecule has 110 valence electrons. The summed E-state index contributed by atoms with van der Waals surface area (Å²) in [6, 6.07) is 0.193. The highest BCUT2D eigenvalue weighted by Crippen LogP contribution is 2.28. The van der Waals surface area contributed by atoms with Crippen LogP contribution in [-0.2, 0) is 4.79 Å². The number of hydrogen-bond acceptors (Lipinski definition) is 2. The van der Waals surface area contributed by atoms with Crippen molar-refractivity contribution in [2.24, 2.45) is 0 Å². The Kier molecular flexibility index (Phi) is 6.12. The molecule has 0 aromatic heterocycles. The zero-order valence-electron chi connectivity index (χ0n) is 12.3. The molecule has 1 rings (SSSR count). The smallest absolute Gasteiger partial charge is 0.323 e. The van der Waals surface area contributed by atoms with Gasteiger partial charge in [-0.2, -0.15) is 0 Å². The Morgan fingerprint density at radius 2 is 1.95 bits per heavy atom. The Morgan fingerprint density at radius 3 is 2.37 bits per heavy atom. The molecule has 1 unspecified atom stereocenters. The molecule has 1 atom stereocenters. The summed E-state index contributed by atoms with van der Waals surface area (Å²) in [5, 5.41) is 8.98. The highest BCUT2D eigenvalue weighted by Gasteiger charge is 2.36. The van der Waals surface area contributed by atoms with Crippen LogP contribution < -0.4 is 0 Å². The Bertz CT molecular complexity index is 316. The Labute approximate surface area is 115 Å². The van der Waals surface area contributed by atoms with Gasteiger partial charge in [0.25, 0.3) is 0 Å². The lowest BCUT2D eigenvalue weighted by Crippen LogP contribution is -2.50. The van der Waals surface area contributed by atoms with Crippen molar-refractivity contribution in [2.75, 3.05) is 13.1 Å². The molecule has 1 N–H and O–H groups in total. The molecule has 2 amide bonds. The van der Waals surface area contributed by atoms with Crippen molar-refractivity contribution >= 4 is 12.0 Å². The summed E-state index contributed by atoms with van der Waals surface area (Å²) in [5.41, 5.74) is 0. The van der Waals surface area contributed by atoms with E-state index in [9.17, 15) is 9.59 Å². The summed E-state index contributed by atoms with van der Waals surface area (Å²) in [6.45, 7) is 6.51. The molecule has 5 heteroatoms. The molecule has 0 aliphatic heterocycles. The summed E-state index contributed by atoms with van der Waals surface area (Å²) in [6.07, 6.45) is 4.89. The topological polar surface area (TPSA) is 60.9 Å². The molecule has 0 saturated heterocycles. The SMILES string of the molecule is CCCCN(C(=O)N(CC(=O)O)C(C)CC)C1CC1. The van der Waals surface area contributed by atoms with E-state index in [4.69, 9.17) is 5.11 Å².